The molecule has 4 nitrogen and oxygen atoms in total. The second-order valence-electron chi connectivity index (χ2n) is 4.87. The van der Waals surface area contributed by atoms with Crippen LogP contribution in [0.3, 0.4) is 0 Å². The van der Waals surface area contributed by atoms with Crippen LogP contribution in [-0.2, 0) is 19.0 Å². The minimum atomic E-state index is -0.190. The van der Waals surface area contributed by atoms with Gasteiger partial charge in [0, 0.05) is 6.61 Å². The Morgan fingerprint density at radius 3 is 3.06 bits per heavy atom. The Kier molecular flexibility index (Phi) is 3.50. The number of hydrogen-bond donors (Lipinski definition) is 0. The van der Waals surface area contributed by atoms with Gasteiger partial charge in [-0.05, 0) is 32.6 Å². The molecular formula is C12H20O4. The Morgan fingerprint density at radius 1 is 1.50 bits per heavy atom. The maximum absolute atomic E-state index is 11.2. The number of rotatable bonds is 2. The summed E-state index contributed by atoms with van der Waals surface area (Å²) in [7, 11) is 1.42. The lowest BCUT2D eigenvalue weighted by molar-refractivity contribution is -0.217. The molecule has 2 rings (SSSR count). The van der Waals surface area contributed by atoms with Crippen molar-refractivity contribution in [1.82, 2.24) is 0 Å². The topological polar surface area (TPSA) is 44.8 Å². The molecule has 0 spiro atoms. The number of ether oxygens (including phenoxy) is 3. The Hall–Kier alpha value is -0.610. The number of carbonyl (C=O) groups is 1. The van der Waals surface area contributed by atoms with Gasteiger partial charge < -0.3 is 14.2 Å². The molecule has 16 heavy (non-hydrogen) atoms. The van der Waals surface area contributed by atoms with Crippen molar-refractivity contribution in [3.8, 4) is 0 Å². The molecule has 92 valence electrons. The van der Waals surface area contributed by atoms with E-state index in [-0.39, 0.29) is 23.8 Å². The van der Waals surface area contributed by atoms with Crippen LogP contribution >= 0.6 is 0 Å². The highest BCUT2D eigenvalue weighted by atomic mass is 16.6. The smallest absolute Gasteiger partial charge is 0.308 e. The average molecular weight is 228 g/mol. The molecule has 2 heterocycles. The van der Waals surface area contributed by atoms with Crippen molar-refractivity contribution in [2.75, 3.05) is 13.7 Å². The number of carbonyl (C=O) groups excluding carboxylic acids is 1. The van der Waals surface area contributed by atoms with Crippen LogP contribution in [0, 0.1) is 0 Å². The molecule has 0 amide bonds. The second kappa shape index (κ2) is 4.72. The number of esters is 1. The fourth-order valence-electron chi connectivity index (χ4n) is 2.58. The van der Waals surface area contributed by atoms with Crippen LogP contribution in [0.25, 0.3) is 0 Å². The third kappa shape index (κ3) is 2.38. The third-order valence-electron chi connectivity index (χ3n) is 3.66. The molecule has 0 unspecified atom stereocenters. The predicted octanol–water partition coefficient (Wildman–Crippen LogP) is 1.67. The van der Waals surface area contributed by atoms with Crippen LogP contribution in [0.15, 0.2) is 0 Å². The van der Waals surface area contributed by atoms with Crippen molar-refractivity contribution < 1.29 is 19.0 Å². The van der Waals surface area contributed by atoms with Gasteiger partial charge in [-0.1, -0.05) is 0 Å². The number of methoxy groups -OCH3 is 1. The van der Waals surface area contributed by atoms with E-state index in [0.717, 1.165) is 32.3 Å². The fraction of sp³-hybridized carbons (Fsp3) is 0.917. The molecule has 0 aromatic carbocycles. The van der Waals surface area contributed by atoms with E-state index >= 15 is 0 Å². The molecule has 0 N–H and O–H groups in total. The summed E-state index contributed by atoms with van der Waals surface area (Å²) in [6, 6.07) is 0. The average Bonchev–Trinajstić information content (AvgIpc) is 2.29. The molecule has 0 bridgehead atoms. The molecule has 2 fully saturated rings. The molecule has 0 saturated carbocycles. The van der Waals surface area contributed by atoms with Crippen LogP contribution in [0.5, 0.6) is 0 Å². The zero-order chi connectivity index (χ0) is 11.6. The Labute approximate surface area is 96.2 Å². The zero-order valence-corrected chi connectivity index (χ0v) is 10.0. The lowest BCUT2D eigenvalue weighted by Gasteiger charge is -2.46. The summed E-state index contributed by atoms with van der Waals surface area (Å²) in [5.74, 6) is -0.190. The zero-order valence-electron chi connectivity index (χ0n) is 10.0. The second-order valence-corrected chi connectivity index (χ2v) is 4.87. The van der Waals surface area contributed by atoms with Crippen molar-refractivity contribution in [2.45, 2.75) is 56.8 Å². The van der Waals surface area contributed by atoms with E-state index in [2.05, 4.69) is 11.7 Å². The van der Waals surface area contributed by atoms with E-state index < -0.39 is 0 Å². The first-order valence-corrected chi connectivity index (χ1v) is 6.00. The van der Waals surface area contributed by atoms with Crippen molar-refractivity contribution >= 4 is 5.97 Å². The van der Waals surface area contributed by atoms with Crippen molar-refractivity contribution in [3.63, 3.8) is 0 Å². The van der Waals surface area contributed by atoms with Gasteiger partial charge in [0.1, 0.15) is 0 Å². The molecule has 0 aromatic heterocycles. The van der Waals surface area contributed by atoms with Gasteiger partial charge in [-0.25, -0.2) is 0 Å². The minimum absolute atomic E-state index is 0.00669. The van der Waals surface area contributed by atoms with Gasteiger partial charge in [0.05, 0.1) is 31.3 Å². The van der Waals surface area contributed by atoms with E-state index in [1.807, 2.05) is 0 Å². The molecule has 0 aromatic rings. The predicted molar refractivity (Wildman–Crippen MR) is 58.1 cm³/mol. The first kappa shape index (κ1) is 11.9. The highest BCUT2D eigenvalue weighted by molar-refractivity contribution is 5.69. The standard InChI is InChI=1S/C12H20O4/c1-12-6-5-9(8-11(13)14-2)16-10(12)4-3-7-15-12/h9-10H,3-8H2,1-2H3/t9-,10-,12+/m1/s1. The summed E-state index contributed by atoms with van der Waals surface area (Å²) in [6.45, 7) is 2.95. The van der Waals surface area contributed by atoms with Crippen LogP contribution in [0.1, 0.15) is 39.0 Å². The molecule has 2 aliphatic heterocycles. The van der Waals surface area contributed by atoms with Gasteiger partial charge in [-0.15, -0.1) is 0 Å². The first-order valence-electron chi connectivity index (χ1n) is 6.00. The SMILES string of the molecule is COC(=O)C[C@H]1CC[C@]2(C)OCCC[C@H]2O1. The number of fused-ring (bicyclic) bond motifs is 1. The Bertz CT molecular complexity index is 266. The van der Waals surface area contributed by atoms with E-state index in [4.69, 9.17) is 9.47 Å². The summed E-state index contributed by atoms with van der Waals surface area (Å²) in [5, 5.41) is 0. The van der Waals surface area contributed by atoms with E-state index in [9.17, 15) is 4.79 Å². The monoisotopic (exact) mass is 228 g/mol. The molecular weight excluding hydrogens is 208 g/mol. The normalized spacial score (nSPS) is 38.9. The summed E-state index contributed by atoms with van der Waals surface area (Å²) in [5.41, 5.74) is -0.134. The Morgan fingerprint density at radius 2 is 2.31 bits per heavy atom. The quantitative estimate of drug-likeness (QED) is 0.674. The molecule has 2 saturated heterocycles. The summed E-state index contributed by atoms with van der Waals surface area (Å²) in [6.07, 6.45) is 4.45. The highest BCUT2D eigenvalue weighted by Crippen LogP contribution is 2.38. The maximum Gasteiger partial charge on any atom is 0.308 e. The molecule has 0 radical (unpaired) electrons. The summed E-state index contributed by atoms with van der Waals surface area (Å²) < 4.78 is 16.4. The molecule has 3 atom stereocenters. The van der Waals surface area contributed by atoms with Crippen LogP contribution in [0.2, 0.25) is 0 Å². The van der Waals surface area contributed by atoms with Gasteiger partial charge in [-0.3, -0.25) is 4.79 Å². The molecule has 4 heteroatoms. The first-order chi connectivity index (χ1) is 7.64. The summed E-state index contributed by atoms with van der Waals surface area (Å²) >= 11 is 0. The minimum Gasteiger partial charge on any atom is -0.469 e. The van der Waals surface area contributed by atoms with E-state index in [1.54, 1.807) is 0 Å². The van der Waals surface area contributed by atoms with Gasteiger partial charge in [-0.2, -0.15) is 0 Å². The maximum atomic E-state index is 11.2. The van der Waals surface area contributed by atoms with Crippen molar-refractivity contribution in [2.24, 2.45) is 0 Å². The largest absolute Gasteiger partial charge is 0.469 e. The van der Waals surface area contributed by atoms with E-state index in [0.29, 0.717) is 6.42 Å². The third-order valence-corrected chi connectivity index (χ3v) is 3.66. The van der Waals surface area contributed by atoms with Gasteiger partial charge in [0.15, 0.2) is 0 Å². The van der Waals surface area contributed by atoms with Gasteiger partial charge >= 0.3 is 5.97 Å². The lowest BCUT2D eigenvalue weighted by Crippen LogP contribution is -2.52. The van der Waals surface area contributed by atoms with Crippen molar-refractivity contribution in [1.29, 1.82) is 0 Å². The van der Waals surface area contributed by atoms with Crippen LogP contribution in [0.4, 0.5) is 0 Å². The van der Waals surface area contributed by atoms with Crippen LogP contribution in [-0.4, -0.2) is 37.5 Å². The van der Waals surface area contributed by atoms with Gasteiger partial charge in [0.25, 0.3) is 0 Å². The van der Waals surface area contributed by atoms with E-state index in [1.165, 1.54) is 7.11 Å². The van der Waals surface area contributed by atoms with Gasteiger partial charge in [0.2, 0.25) is 0 Å². The lowest BCUT2D eigenvalue weighted by atomic mass is 9.84. The summed E-state index contributed by atoms with van der Waals surface area (Å²) in [4.78, 5) is 11.2. The number of hydrogen-bond acceptors (Lipinski definition) is 4. The fourth-order valence-corrected chi connectivity index (χ4v) is 2.58. The van der Waals surface area contributed by atoms with Crippen LogP contribution < -0.4 is 0 Å². The molecule has 2 aliphatic rings. The highest BCUT2D eigenvalue weighted by Gasteiger charge is 2.43. The Balaban J connectivity index is 1.91. The molecule has 0 aliphatic carbocycles. The van der Waals surface area contributed by atoms with Crippen molar-refractivity contribution in [3.05, 3.63) is 0 Å².